The van der Waals surface area contributed by atoms with Gasteiger partial charge in [-0.25, -0.2) is 0 Å². The van der Waals surface area contributed by atoms with Crippen LogP contribution in [-0.2, 0) is 0 Å². The Hall–Kier alpha value is -1.22. The van der Waals surface area contributed by atoms with Gasteiger partial charge in [0.05, 0.1) is 11.4 Å². The summed E-state index contributed by atoms with van der Waals surface area (Å²) in [5.74, 6) is 0.534. The molecule has 5 N–H and O–H groups in total. The summed E-state index contributed by atoms with van der Waals surface area (Å²) in [5.41, 5.74) is 14.4. The molecule has 1 atom stereocenters. The van der Waals surface area contributed by atoms with Crippen LogP contribution >= 0.6 is 0 Å². The van der Waals surface area contributed by atoms with Gasteiger partial charge in [0, 0.05) is 6.54 Å². The fourth-order valence-corrected chi connectivity index (χ4v) is 2.07. The summed E-state index contributed by atoms with van der Waals surface area (Å²) in [6, 6.07) is 5.92. The second-order valence-electron chi connectivity index (χ2n) is 3.89. The van der Waals surface area contributed by atoms with Crippen molar-refractivity contribution in [2.75, 3.05) is 24.6 Å². The van der Waals surface area contributed by atoms with Crippen molar-refractivity contribution in [3.05, 3.63) is 23.8 Å². The highest BCUT2D eigenvalue weighted by atomic mass is 14.9. The molecule has 0 aromatic heterocycles. The molecule has 76 valence electrons. The maximum atomic E-state index is 5.96. The van der Waals surface area contributed by atoms with Gasteiger partial charge in [0.15, 0.2) is 0 Å². The quantitative estimate of drug-likeness (QED) is 0.586. The van der Waals surface area contributed by atoms with Crippen LogP contribution in [0.1, 0.15) is 24.3 Å². The first-order chi connectivity index (χ1) is 6.79. The lowest BCUT2D eigenvalue weighted by molar-refractivity contribution is 0.462. The van der Waals surface area contributed by atoms with Gasteiger partial charge in [-0.05, 0) is 36.9 Å². The van der Waals surface area contributed by atoms with Crippen molar-refractivity contribution in [3.63, 3.8) is 0 Å². The topological polar surface area (TPSA) is 64.1 Å². The van der Waals surface area contributed by atoms with Crippen LogP contribution in [0.25, 0.3) is 0 Å². The molecule has 0 unspecified atom stereocenters. The second-order valence-corrected chi connectivity index (χ2v) is 3.89. The number of nitrogens with two attached hydrogens (primary N) is 2. The lowest BCUT2D eigenvalue weighted by Crippen LogP contribution is -2.28. The third-order valence-electron chi connectivity index (χ3n) is 2.91. The van der Waals surface area contributed by atoms with Gasteiger partial charge in [0.1, 0.15) is 0 Å². The molecule has 1 aromatic rings. The van der Waals surface area contributed by atoms with Crippen LogP contribution < -0.4 is 16.8 Å². The Morgan fingerprint density at radius 3 is 2.86 bits per heavy atom. The molecule has 2 rings (SSSR count). The minimum Gasteiger partial charge on any atom is -0.397 e. The Labute approximate surface area is 84.5 Å². The monoisotopic (exact) mass is 191 g/mol. The van der Waals surface area contributed by atoms with E-state index in [-0.39, 0.29) is 0 Å². The summed E-state index contributed by atoms with van der Waals surface area (Å²) in [7, 11) is 0. The van der Waals surface area contributed by atoms with Crippen LogP contribution in [0.2, 0.25) is 0 Å². The van der Waals surface area contributed by atoms with Crippen molar-refractivity contribution in [2.45, 2.75) is 18.8 Å². The van der Waals surface area contributed by atoms with E-state index in [4.69, 9.17) is 11.5 Å². The lowest BCUT2D eigenvalue weighted by atomic mass is 9.90. The number of para-hydroxylation sites is 1. The normalized spacial score (nSPS) is 22.1. The predicted molar refractivity (Wildman–Crippen MR) is 60.1 cm³/mol. The van der Waals surface area contributed by atoms with Crippen molar-refractivity contribution < 1.29 is 0 Å². The molecule has 1 fully saturated rings. The third-order valence-corrected chi connectivity index (χ3v) is 2.91. The molecule has 1 aromatic carbocycles. The minimum atomic E-state index is 0.534. The highest BCUT2D eigenvalue weighted by Gasteiger charge is 2.17. The maximum absolute atomic E-state index is 5.96. The van der Waals surface area contributed by atoms with E-state index < -0.39 is 0 Å². The number of nitrogen functional groups attached to an aromatic ring is 2. The Kier molecular flexibility index (Phi) is 2.59. The van der Waals surface area contributed by atoms with Crippen LogP contribution in [0.5, 0.6) is 0 Å². The van der Waals surface area contributed by atoms with Crippen molar-refractivity contribution >= 4 is 11.4 Å². The minimum absolute atomic E-state index is 0.534. The summed E-state index contributed by atoms with van der Waals surface area (Å²) in [6.07, 6.45) is 2.43. The number of hydrogen-bond donors (Lipinski definition) is 3. The molecule has 1 heterocycles. The zero-order chi connectivity index (χ0) is 9.97. The van der Waals surface area contributed by atoms with Crippen LogP contribution in [0.15, 0.2) is 18.2 Å². The molecule has 14 heavy (non-hydrogen) atoms. The smallest absolute Gasteiger partial charge is 0.0583 e. The average molecular weight is 191 g/mol. The number of rotatable bonds is 1. The summed E-state index contributed by atoms with van der Waals surface area (Å²) in [4.78, 5) is 0. The van der Waals surface area contributed by atoms with E-state index in [1.54, 1.807) is 0 Å². The van der Waals surface area contributed by atoms with Gasteiger partial charge in [-0.1, -0.05) is 12.1 Å². The zero-order valence-corrected chi connectivity index (χ0v) is 8.29. The van der Waals surface area contributed by atoms with Crippen LogP contribution in [0.4, 0.5) is 11.4 Å². The number of nitrogens with one attached hydrogen (secondary N) is 1. The molecule has 3 heteroatoms. The van der Waals surface area contributed by atoms with E-state index in [1.165, 1.54) is 18.4 Å². The highest BCUT2D eigenvalue weighted by molar-refractivity contribution is 5.68. The molecular weight excluding hydrogens is 174 g/mol. The largest absolute Gasteiger partial charge is 0.397 e. The lowest BCUT2D eigenvalue weighted by Gasteiger charge is -2.24. The van der Waals surface area contributed by atoms with Gasteiger partial charge < -0.3 is 16.8 Å². The zero-order valence-electron chi connectivity index (χ0n) is 8.29. The molecule has 0 amide bonds. The summed E-state index contributed by atoms with van der Waals surface area (Å²) < 4.78 is 0. The summed E-state index contributed by atoms with van der Waals surface area (Å²) >= 11 is 0. The molecule has 0 aliphatic carbocycles. The SMILES string of the molecule is Nc1cccc([C@H]2CCCNC2)c1N. The Bertz CT molecular complexity index is 316. The maximum Gasteiger partial charge on any atom is 0.0583 e. The van der Waals surface area contributed by atoms with Crippen molar-refractivity contribution in [2.24, 2.45) is 0 Å². The Morgan fingerprint density at radius 2 is 2.14 bits per heavy atom. The Morgan fingerprint density at radius 1 is 1.29 bits per heavy atom. The van der Waals surface area contributed by atoms with Crippen LogP contribution in [0.3, 0.4) is 0 Å². The standard InChI is InChI=1S/C11H17N3/c12-10-5-1-4-9(11(10)13)8-3-2-6-14-7-8/h1,4-5,8,14H,2-3,6-7,12-13H2/t8-/m0/s1. The molecular formula is C11H17N3. The van der Waals surface area contributed by atoms with E-state index >= 15 is 0 Å². The van der Waals surface area contributed by atoms with Gasteiger partial charge in [-0.15, -0.1) is 0 Å². The van der Waals surface area contributed by atoms with Gasteiger partial charge in [-0.2, -0.15) is 0 Å². The van der Waals surface area contributed by atoms with E-state index in [0.29, 0.717) is 11.6 Å². The van der Waals surface area contributed by atoms with E-state index in [9.17, 15) is 0 Å². The van der Waals surface area contributed by atoms with Gasteiger partial charge >= 0.3 is 0 Å². The summed E-state index contributed by atoms with van der Waals surface area (Å²) in [6.45, 7) is 2.15. The molecule has 0 saturated carbocycles. The Balaban J connectivity index is 2.26. The van der Waals surface area contributed by atoms with Gasteiger partial charge in [0.2, 0.25) is 0 Å². The highest BCUT2D eigenvalue weighted by Crippen LogP contribution is 2.30. The van der Waals surface area contributed by atoms with Crippen molar-refractivity contribution in [3.8, 4) is 0 Å². The fraction of sp³-hybridized carbons (Fsp3) is 0.455. The van der Waals surface area contributed by atoms with Crippen LogP contribution in [0, 0.1) is 0 Å². The van der Waals surface area contributed by atoms with Gasteiger partial charge in [0.25, 0.3) is 0 Å². The molecule has 3 nitrogen and oxygen atoms in total. The number of hydrogen-bond acceptors (Lipinski definition) is 3. The first-order valence-corrected chi connectivity index (χ1v) is 5.13. The van der Waals surface area contributed by atoms with Gasteiger partial charge in [-0.3, -0.25) is 0 Å². The van der Waals surface area contributed by atoms with Crippen molar-refractivity contribution in [1.29, 1.82) is 0 Å². The van der Waals surface area contributed by atoms with Crippen molar-refractivity contribution in [1.82, 2.24) is 5.32 Å². The molecule has 0 bridgehead atoms. The molecule has 1 aliphatic rings. The fourth-order valence-electron chi connectivity index (χ4n) is 2.07. The molecule has 0 spiro atoms. The van der Waals surface area contributed by atoms with Crippen LogP contribution in [-0.4, -0.2) is 13.1 Å². The molecule has 1 aliphatic heterocycles. The predicted octanol–water partition coefficient (Wildman–Crippen LogP) is 1.32. The first-order valence-electron chi connectivity index (χ1n) is 5.13. The summed E-state index contributed by atoms with van der Waals surface area (Å²) in [5, 5.41) is 3.38. The number of anilines is 2. The average Bonchev–Trinajstić information content (AvgIpc) is 2.23. The molecule has 0 radical (unpaired) electrons. The van der Waals surface area contributed by atoms with E-state index in [2.05, 4.69) is 11.4 Å². The number of benzene rings is 1. The van der Waals surface area contributed by atoms with E-state index in [0.717, 1.165) is 18.8 Å². The second kappa shape index (κ2) is 3.88. The molecule has 1 saturated heterocycles. The van der Waals surface area contributed by atoms with E-state index in [1.807, 2.05) is 12.1 Å². The first kappa shape index (κ1) is 9.34. The number of piperidine rings is 1. The third kappa shape index (κ3) is 1.68.